The Bertz CT molecular complexity index is 402. The first-order chi connectivity index (χ1) is 5.79. The van der Waals surface area contributed by atoms with Crippen molar-refractivity contribution < 1.29 is 17.0 Å². The average Bonchev–Trinajstić information content (AvgIpc) is 2.09. The predicted molar refractivity (Wildman–Crippen MR) is 57.5 cm³/mol. The summed E-state index contributed by atoms with van der Waals surface area (Å²) in [5.41, 5.74) is 0. The van der Waals surface area contributed by atoms with Crippen molar-refractivity contribution in [1.29, 1.82) is 0 Å². The van der Waals surface area contributed by atoms with Crippen molar-refractivity contribution in [3.63, 3.8) is 0 Å². The van der Waals surface area contributed by atoms with Crippen LogP contribution in [0.3, 0.4) is 0 Å². The van der Waals surface area contributed by atoms with Crippen molar-refractivity contribution in [1.82, 2.24) is 4.98 Å². The molecule has 1 nitrogen and oxygen atoms in total. The molecule has 0 aromatic carbocycles. The number of halogens is 2. The van der Waals surface area contributed by atoms with Gasteiger partial charge in [0, 0.05) is 0 Å². The van der Waals surface area contributed by atoms with E-state index in [0.717, 1.165) is 15.6 Å². The molecule has 0 bridgehead atoms. The number of hydrogen-bond donors (Lipinski definition) is 0. The van der Waals surface area contributed by atoms with Gasteiger partial charge in [-0.1, -0.05) is 0 Å². The van der Waals surface area contributed by atoms with Gasteiger partial charge in [0.1, 0.15) is 0 Å². The summed E-state index contributed by atoms with van der Waals surface area (Å²) in [5, 5.41) is 2.61. The Balaban J connectivity index is 3.63. The molecule has 12 heavy (non-hydrogen) atoms. The Morgan fingerprint density at radius 2 is 2.33 bits per heavy atom. The second-order valence-electron chi connectivity index (χ2n) is 2.02. The zero-order valence-electron chi connectivity index (χ0n) is 6.04. The second kappa shape index (κ2) is 5.17. The van der Waals surface area contributed by atoms with Crippen molar-refractivity contribution in [3.05, 3.63) is 27.9 Å². The van der Waals surface area contributed by atoms with E-state index in [1.54, 1.807) is 12.3 Å². The number of pyridine rings is 1. The quantitative estimate of drug-likeness (QED) is 0.702. The predicted octanol–water partition coefficient (Wildman–Crippen LogP) is 1.04. The van der Waals surface area contributed by atoms with E-state index in [4.69, 9.17) is 11.6 Å². The van der Waals surface area contributed by atoms with Gasteiger partial charge in [0.05, 0.1) is 0 Å². The molecule has 0 N–H and O–H groups in total. The molecular weight excluding hydrogens is 323 g/mol. The Morgan fingerprint density at radius 1 is 1.58 bits per heavy atom. The van der Waals surface area contributed by atoms with Gasteiger partial charge < -0.3 is 0 Å². The van der Waals surface area contributed by atoms with Gasteiger partial charge in [-0.2, -0.15) is 0 Å². The summed E-state index contributed by atoms with van der Waals surface area (Å²) >= 11 is 10.5. The van der Waals surface area contributed by atoms with Gasteiger partial charge in [-0.05, 0) is 0 Å². The van der Waals surface area contributed by atoms with Crippen LogP contribution in [0.25, 0.3) is 10.2 Å². The molecule has 61 valence electrons. The standard InChI is InChI=1S/C8H5ClIN.V/c1-2-6-7(9)3-4-11-8(6)5-10;/h1-5H;/b6-2-,8-5?;. The van der Waals surface area contributed by atoms with Gasteiger partial charge >= 0.3 is 98.9 Å². The molecule has 0 amide bonds. The van der Waals surface area contributed by atoms with Crippen LogP contribution < -0.4 is 10.6 Å². The van der Waals surface area contributed by atoms with Gasteiger partial charge in [0.25, 0.3) is 0 Å². The van der Waals surface area contributed by atoms with Crippen LogP contribution >= 0.6 is 34.2 Å². The Kier molecular flexibility index (Phi) is 4.50. The van der Waals surface area contributed by atoms with Crippen molar-refractivity contribution >= 4 is 49.1 Å². The molecule has 0 aliphatic carbocycles. The molecule has 4 heteroatoms. The fourth-order valence-electron chi connectivity index (χ4n) is 0.791. The summed E-state index contributed by atoms with van der Waals surface area (Å²) in [6.07, 6.45) is 3.63. The van der Waals surface area contributed by atoms with E-state index in [2.05, 4.69) is 44.6 Å². The third-order valence-corrected chi connectivity index (χ3v) is 2.46. The first-order valence-electron chi connectivity index (χ1n) is 3.18. The van der Waals surface area contributed by atoms with Crippen LogP contribution in [0.1, 0.15) is 0 Å². The average molecular weight is 328 g/mol. The number of aromatic nitrogens is 1. The van der Waals surface area contributed by atoms with Gasteiger partial charge in [0.15, 0.2) is 0 Å². The minimum absolute atomic E-state index is 0.732. The fourth-order valence-corrected chi connectivity index (χ4v) is 1.74. The summed E-state index contributed by atoms with van der Waals surface area (Å²) in [6, 6.07) is 1.79. The van der Waals surface area contributed by atoms with E-state index in [9.17, 15) is 0 Å². The van der Waals surface area contributed by atoms with Crippen LogP contribution in [0, 0.1) is 0 Å². The van der Waals surface area contributed by atoms with Gasteiger partial charge in [-0.25, -0.2) is 0 Å². The summed E-state index contributed by atoms with van der Waals surface area (Å²) in [6.45, 7) is 0. The molecule has 0 unspecified atom stereocenters. The van der Waals surface area contributed by atoms with Crippen LogP contribution in [-0.4, -0.2) is 9.71 Å². The molecule has 1 heterocycles. The van der Waals surface area contributed by atoms with Gasteiger partial charge in [-0.3, -0.25) is 0 Å². The summed E-state index contributed by atoms with van der Waals surface area (Å²) < 4.78 is 3.80. The topological polar surface area (TPSA) is 12.9 Å². The summed E-state index contributed by atoms with van der Waals surface area (Å²) in [4.78, 5) is 4.17. The van der Waals surface area contributed by atoms with Crippen LogP contribution in [0.5, 0.6) is 0 Å². The van der Waals surface area contributed by atoms with Gasteiger partial charge in [0.2, 0.25) is 0 Å². The third-order valence-electron chi connectivity index (χ3n) is 1.31. The van der Waals surface area contributed by atoms with Crippen LogP contribution in [0.4, 0.5) is 0 Å². The second-order valence-corrected chi connectivity index (χ2v) is 3.51. The first-order valence-corrected chi connectivity index (χ1v) is 5.61. The fraction of sp³-hybridized carbons (Fsp3) is 0. The minimum atomic E-state index is 0.732. The van der Waals surface area contributed by atoms with Crippen molar-refractivity contribution in [2.45, 2.75) is 0 Å². The zero-order valence-corrected chi connectivity index (χ0v) is 10.3. The Labute approximate surface area is 98.2 Å². The van der Waals surface area contributed by atoms with E-state index in [0.29, 0.717) is 0 Å². The molecule has 0 spiro atoms. The van der Waals surface area contributed by atoms with E-state index in [1.807, 2.05) is 14.9 Å². The van der Waals surface area contributed by atoms with Crippen molar-refractivity contribution in [2.75, 3.05) is 0 Å². The zero-order chi connectivity index (χ0) is 8.97. The molecule has 0 aliphatic heterocycles. The SMILES string of the molecule is Clc1ccnc(=CI)/c1=C\[CH]=[V]. The Hall–Kier alpha value is 0.364. The van der Waals surface area contributed by atoms with Crippen molar-refractivity contribution in [3.8, 4) is 0 Å². The van der Waals surface area contributed by atoms with E-state index < -0.39 is 0 Å². The third kappa shape index (κ3) is 2.42. The Morgan fingerprint density at radius 3 is 2.92 bits per heavy atom. The van der Waals surface area contributed by atoms with Crippen LogP contribution in [0.15, 0.2) is 12.3 Å². The maximum atomic E-state index is 5.97. The molecule has 0 saturated carbocycles. The van der Waals surface area contributed by atoms with Crippen molar-refractivity contribution in [2.24, 2.45) is 0 Å². The maximum absolute atomic E-state index is 5.97. The van der Waals surface area contributed by atoms with E-state index in [-0.39, 0.29) is 0 Å². The monoisotopic (exact) mass is 328 g/mol. The molecule has 0 aliphatic rings. The molecule has 0 saturated heterocycles. The molecule has 0 atom stereocenters. The molecular formula is C8H5ClINV. The van der Waals surface area contributed by atoms with Gasteiger partial charge in [-0.15, -0.1) is 0 Å². The molecule has 1 aromatic rings. The molecule has 0 radical (unpaired) electrons. The first kappa shape index (κ1) is 10.4. The van der Waals surface area contributed by atoms with E-state index in [1.165, 1.54) is 0 Å². The van der Waals surface area contributed by atoms with E-state index >= 15 is 0 Å². The number of nitrogens with zero attached hydrogens (tertiary/aromatic N) is 1. The molecule has 1 rings (SSSR count). The number of hydrogen-bond acceptors (Lipinski definition) is 1. The summed E-state index contributed by atoms with van der Waals surface area (Å²) in [7, 11) is 0. The van der Waals surface area contributed by atoms with Crippen LogP contribution in [-0.2, 0) is 17.0 Å². The molecule has 1 aromatic heterocycles. The normalized spacial score (nSPS) is 13.4. The molecule has 0 fully saturated rings. The number of rotatable bonds is 1. The van der Waals surface area contributed by atoms with Crippen LogP contribution in [0.2, 0.25) is 5.02 Å². The summed E-state index contributed by atoms with van der Waals surface area (Å²) in [5.74, 6) is 0.